The number of imide groups is 1. The van der Waals surface area contributed by atoms with Crippen LogP contribution < -0.4 is 9.80 Å². The summed E-state index contributed by atoms with van der Waals surface area (Å²) < 4.78 is 1.83. The average molecular weight is 404 g/mol. The lowest BCUT2D eigenvalue weighted by Crippen LogP contribution is -3.09. The van der Waals surface area contributed by atoms with Gasteiger partial charge in [-0.1, -0.05) is 35.9 Å². The second-order valence-corrected chi connectivity index (χ2v) is 7.85. The van der Waals surface area contributed by atoms with E-state index < -0.39 is 6.04 Å². The zero-order valence-corrected chi connectivity index (χ0v) is 17.4. The number of rotatable bonds is 6. The number of carbonyl (C=O) groups is 2. The van der Waals surface area contributed by atoms with E-state index in [9.17, 15) is 9.59 Å². The highest BCUT2D eigenvalue weighted by molar-refractivity contribution is 6.13. The van der Waals surface area contributed by atoms with Gasteiger partial charge in [-0.15, -0.1) is 0 Å². The molecule has 1 N–H and O–H groups in total. The van der Waals surface area contributed by atoms with Gasteiger partial charge >= 0.3 is 6.03 Å². The Morgan fingerprint density at radius 2 is 1.70 bits per heavy atom. The van der Waals surface area contributed by atoms with E-state index in [0.717, 1.165) is 27.4 Å². The number of aryl methyl sites for hydroxylation is 1. The van der Waals surface area contributed by atoms with E-state index in [-0.39, 0.29) is 11.9 Å². The molecule has 1 unspecified atom stereocenters. The normalized spacial score (nSPS) is 17.6. The summed E-state index contributed by atoms with van der Waals surface area (Å²) in [7, 11) is 1.97. The van der Waals surface area contributed by atoms with Gasteiger partial charge in [0.2, 0.25) is 0 Å². The molecule has 0 spiro atoms. The summed E-state index contributed by atoms with van der Waals surface area (Å²) in [6, 6.07) is 16.8. The lowest BCUT2D eigenvalue weighted by atomic mass is 10.2. The number of hydrogen-bond acceptors (Lipinski definition) is 3. The van der Waals surface area contributed by atoms with Crippen molar-refractivity contribution in [2.24, 2.45) is 0 Å². The Kier molecular flexibility index (Phi) is 5.37. The van der Waals surface area contributed by atoms with Gasteiger partial charge in [0.25, 0.3) is 5.91 Å². The summed E-state index contributed by atoms with van der Waals surface area (Å²) in [6.07, 6.45) is 3.80. The zero-order chi connectivity index (χ0) is 21.3. The van der Waals surface area contributed by atoms with Gasteiger partial charge in [0.1, 0.15) is 12.6 Å². The number of benzene rings is 2. The molecule has 0 bridgehead atoms. The van der Waals surface area contributed by atoms with Crippen LogP contribution in [0.5, 0.6) is 0 Å². The van der Waals surface area contributed by atoms with Gasteiger partial charge in [0.15, 0.2) is 6.67 Å². The number of aromatic nitrogens is 2. The Labute approximate surface area is 176 Å². The summed E-state index contributed by atoms with van der Waals surface area (Å²) in [5, 5.41) is 4.42. The van der Waals surface area contributed by atoms with Crippen LogP contribution in [0.1, 0.15) is 18.1 Å². The molecule has 1 saturated heterocycles. The van der Waals surface area contributed by atoms with Crippen molar-refractivity contribution in [2.75, 3.05) is 18.6 Å². The Hall–Kier alpha value is -3.45. The number of anilines is 1. The Balaban J connectivity index is 1.43. The van der Waals surface area contributed by atoms with Crippen molar-refractivity contribution < 1.29 is 14.5 Å². The lowest BCUT2D eigenvalue weighted by molar-refractivity contribution is -0.901. The van der Waals surface area contributed by atoms with E-state index in [1.54, 1.807) is 11.8 Å². The Morgan fingerprint density at radius 3 is 2.40 bits per heavy atom. The molecule has 3 amide bonds. The highest BCUT2D eigenvalue weighted by atomic mass is 16.2. The van der Waals surface area contributed by atoms with Crippen molar-refractivity contribution in [1.82, 2.24) is 14.7 Å². The average Bonchev–Trinajstić information content (AvgIpc) is 3.29. The zero-order valence-electron chi connectivity index (χ0n) is 17.4. The molecule has 3 aromatic rings. The molecule has 2 aromatic carbocycles. The number of amides is 3. The second-order valence-electron chi connectivity index (χ2n) is 7.85. The van der Waals surface area contributed by atoms with Crippen LogP contribution in [0.4, 0.5) is 10.5 Å². The van der Waals surface area contributed by atoms with Gasteiger partial charge in [-0.2, -0.15) is 5.10 Å². The van der Waals surface area contributed by atoms with Gasteiger partial charge < -0.3 is 4.90 Å². The van der Waals surface area contributed by atoms with Crippen molar-refractivity contribution in [1.29, 1.82) is 0 Å². The molecular weight excluding hydrogens is 378 g/mol. The summed E-state index contributed by atoms with van der Waals surface area (Å²) in [5.41, 5.74) is 3.89. The minimum Gasteiger partial charge on any atom is -0.316 e. The quantitative estimate of drug-likeness (QED) is 0.640. The number of nitrogens with zero attached hydrogens (tertiary/aromatic N) is 4. The van der Waals surface area contributed by atoms with Crippen molar-refractivity contribution in [2.45, 2.75) is 26.4 Å². The van der Waals surface area contributed by atoms with Gasteiger partial charge in [0.05, 0.1) is 18.9 Å². The first kappa shape index (κ1) is 19.8. The van der Waals surface area contributed by atoms with Gasteiger partial charge in [-0.05, 0) is 38.1 Å². The lowest BCUT2D eigenvalue weighted by Gasteiger charge is -2.21. The third kappa shape index (κ3) is 3.84. The molecular formula is C23H26N5O2+. The maximum atomic E-state index is 13.0. The molecule has 0 saturated carbocycles. The van der Waals surface area contributed by atoms with E-state index >= 15 is 0 Å². The molecule has 0 aliphatic carbocycles. The molecule has 1 aliphatic rings. The van der Waals surface area contributed by atoms with Crippen molar-refractivity contribution in [3.63, 3.8) is 0 Å². The van der Waals surface area contributed by atoms with Gasteiger partial charge in [0, 0.05) is 17.4 Å². The van der Waals surface area contributed by atoms with Crippen LogP contribution in [-0.4, -0.2) is 46.4 Å². The first-order valence-electron chi connectivity index (χ1n) is 10.1. The smallest absolute Gasteiger partial charge is 0.316 e. The van der Waals surface area contributed by atoms with Crippen LogP contribution in [0.2, 0.25) is 0 Å². The largest absolute Gasteiger partial charge is 0.336 e. The topological polar surface area (TPSA) is 62.9 Å². The molecule has 1 aromatic heterocycles. The van der Waals surface area contributed by atoms with E-state index in [0.29, 0.717) is 13.2 Å². The van der Waals surface area contributed by atoms with Crippen molar-refractivity contribution >= 4 is 17.6 Å². The predicted octanol–water partition coefficient (Wildman–Crippen LogP) is 2.01. The molecule has 7 heteroatoms. The molecule has 30 heavy (non-hydrogen) atoms. The number of urea groups is 1. The number of hydrogen-bond donors (Lipinski definition) is 1. The molecule has 1 aliphatic heterocycles. The fourth-order valence-corrected chi connectivity index (χ4v) is 3.76. The molecule has 4 rings (SSSR count). The fraction of sp³-hybridized carbons (Fsp3) is 0.261. The van der Waals surface area contributed by atoms with Crippen LogP contribution in [0.3, 0.4) is 0 Å². The summed E-state index contributed by atoms with van der Waals surface area (Å²) in [4.78, 5) is 29.7. The molecule has 7 nitrogen and oxygen atoms in total. The summed E-state index contributed by atoms with van der Waals surface area (Å²) in [5.74, 6) is -0.167. The molecule has 2 atom stereocenters. The highest BCUT2D eigenvalue weighted by Gasteiger charge is 2.44. The van der Waals surface area contributed by atoms with Crippen LogP contribution in [-0.2, 0) is 11.3 Å². The van der Waals surface area contributed by atoms with E-state index in [1.165, 1.54) is 4.90 Å². The second kappa shape index (κ2) is 8.12. The monoisotopic (exact) mass is 404 g/mol. The van der Waals surface area contributed by atoms with Crippen LogP contribution in [0.15, 0.2) is 67.0 Å². The van der Waals surface area contributed by atoms with Crippen LogP contribution in [0, 0.1) is 6.92 Å². The molecule has 2 heterocycles. The first-order chi connectivity index (χ1) is 14.4. The standard InChI is InChI=1S/C23H25N5O2/c1-17-9-11-21(12-10-17)28-18(2)22(29)26(23(28)30)16-25(3)14-19-13-24-27(15-19)20-7-5-4-6-8-20/h4-13,15,18H,14,16H2,1-3H3/p+1/t18-/m1/s1. The summed E-state index contributed by atoms with van der Waals surface area (Å²) in [6.45, 7) is 4.73. The third-order valence-corrected chi connectivity index (χ3v) is 5.35. The van der Waals surface area contributed by atoms with Crippen molar-refractivity contribution in [3.8, 4) is 5.69 Å². The molecule has 154 valence electrons. The van der Waals surface area contributed by atoms with Crippen molar-refractivity contribution in [3.05, 3.63) is 78.1 Å². The molecule has 0 radical (unpaired) electrons. The fourth-order valence-electron chi connectivity index (χ4n) is 3.76. The van der Waals surface area contributed by atoms with E-state index in [4.69, 9.17) is 0 Å². The van der Waals surface area contributed by atoms with Gasteiger partial charge in [-0.25, -0.2) is 14.4 Å². The molecule has 1 fully saturated rings. The minimum absolute atomic E-state index is 0.167. The van der Waals surface area contributed by atoms with Crippen LogP contribution in [0.25, 0.3) is 5.69 Å². The highest BCUT2D eigenvalue weighted by Crippen LogP contribution is 2.25. The van der Waals surface area contributed by atoms with Crippen LogP contribution >= 0.6 is 0 Å². The number of nitrogens with one attached hydrogen (secondary N) is 1. The third-order valence-electron chi connectivity index (χ3n) is 5.35. The summed E-state index contributed by atoms with van der Waals surface area (Å²) >= 11 is 0. The Morgan fingerprint density at radius 1 is 1.00 bits per heavy atom. The number of para-hydroxylation sites is 1. The van der Waals surface area contributed by atoms with E-state index in [1.807, 2.05) is 85.6 Å². The number of quaternary nitrogens is 1. The SMILES string of the molecule is Cc1ccc(N2C(=O)N(C[NH+](C)Cc3cnn(-c4ccccc4)c3)C(=O)[C@H]2C)cc1. The van der Waals surface area contributed by atoms with E-state index in [2.05, 4.69) is 5.10 Å². The first-order valence-corrected chi connectivity index (χ1v) is 10.1. The maximum absolute atomic E-state index is 13.0. The Bertz CT molecular complexity index is 1040. The van der Waals surface area contributed by atoms with Gasteiger partial charge in [-0.3, -0.25) is 9.69 Å². The maximum Gasteiger partial charge on any atom is 0.336 e. The predicted molar refractivity (Wildman–Crippen MR) is 114 cm³/mol. The number of carbonyl (C=O) groups excluding carboxylic acids is 2. The minimum atomic E-state index is -0.506.